The fraction of sp³-hybridized carbons (Fsp3) is 0.200. The highest BCUT2D eigenvalue weighted by atomic mass is 32.2. The second-order valence-electron chi connectivity index (χ2n) is 9.45. The van der Waals surface area contributed by atoms with Gasteiger partial charge < -0.3 is 28.3 Å². The van der Waals surface area contributed by atoms with Crippen molar-refractivity contribution in [1.29, 1.82) is 0 Å². The summed E-state index contributed by atoms with van der Waals surface area (Å²) in [5, 5.41) is 0. The highest BCUT2D eigenvalue weighted by Gasteiger charge is 2.27. The molecule has 0 spiro atoms. The minimum absolute atomic E-state index is 0.0921. The van der Waals surface area contributed by atoms with Crippen LogP contribution in [0, 0.1) is 6.92 Å². The number of aryl methyl sites for hydroxylation is 1. The lowest BCUT2D eigenvalue weighted by Gasteiger charge is -2.21. The molecule has 2 N–H and O–H groups in total. The van der Waals surface area contributed by atoms with E-state index in [1.807, 2.05) is 49.4 Å². The Balaban J connectivity index is 1.95. The lowest BCUT2D eigenvalue weighted by Crippen LogP contribution is -2.10. The third-order valence-corrected chi connectivity index (χ3v) is 7.11. The van der Waals surface area contributed by atoms with Gasteiger partial charge in [-0.25, -0.2) is 0 Å². The van der Waals surface area contributed by atoms with E-state index in [-0.39, 0.29) is 40.9 Å². The highest BCUT2D eigenvalue weighted by Crippen LogP contribution is 2.52. The zero-order chi connectivity index (χ0) is 30.7. The van der Waals surface area contributed by atoms with Crippen LogP contribution < -0.4 is 28.3 Å². The minimum Gasteiger partial charge on any atom is -0.496 e. The second-order valence-corrected chi connectivity index (χ2v) is 12.6. The van der Waals surface area contributed by atoms with E-state index in [2.05, 4.69) is 0 Å². The summed E-state index contributed by atoms with van der Waals surface area (Å²) in [6, 6.07) is 20.8. The van der Waals surface area contributed by atoms with Gasteiger partial charge in [-0.15, -0.1) is 0 Å². The molecule has 42 heavy (non-hydrogen) atoms. The first-order chi connectivity index (χ1) is 19.8. The molecule has 0 aliphatic carbocycles. The van der Waals surface area contributed by atoms with E-state index >= 15 is 0 Å². The van der Waals surface area contributed by atoms with E-state index in [0.717, 1.165) is 23.6 Å². The van der Waals surface area contributed by atoms with Crippen LogP contribution in [0.25, 0.3) is 22.3 Å². The maximum Gasteiger partial charge on any atom is 0.306 e. The average molecular weight is 614 g/mol. The summed E-state index contributed by atoms with van der Waals surface area (Å²) in [6.45, 7) is 2.01. The summed E-state index contributed by atoms with van der Waals surface area (Å²) in [5.74, 6) is 0.169. The molecule has 0 fully saturated rings. The third-order valence-electron chi connectivity index (χ3n) is 6.16. The van der Waals surface area contributed by atoms with Crippen LogP contribution in [0.2, 0.25) is 0 Å². The fourth-order valence-corrected chi connectivity index (χ4v) is 5.17. The third kappa shape index (κ3) is 7.25. The molecule has 0 saturated heterocycles. The molecule has 222 valence electrons. The van der Waals surface area contributed by atoms with Gasteiger partial charge in [-0.05, 0) is 53.4 Å². The van der Waals surface area contributed by atoms with Gasteiger partial charge in [-0.2, -0.15) is 16.8 Å². The van der Waals surface area contributed by atoms with Crippen molar-refractivity contribution < 1.29 is 39.4 Å². The number of anilines is 1. The van der Waals surface area contributed by atoms with Gasteiger partial charge >= 0.3 is 20.2 Å². The highest BCUT2D eigenvalue weighted by molar-refractivity contribution is 7.86. The van der Waals surface area contributed by atoms with Gasteiger partial charge in [0.2, 0.25) is 0 Å². The number of rotatable bonds is 11. The molecule has 0 aliphatic heterocycles. The molecule has 0 aliphatic rings. The summed E-state index contributed by atoms with van der Waals surface area (Å²) in [6.07, 6.45) is 1.81. The zero-order valence-electron chi connectivity index (χ0n) is 23.7. The zero-order valence-corrected chi connectivity index (χ0v) is 25.3. The maximum atomic E-state index is 12.5. The molecule has 0 radical (unpaired) electrons. The number of benzene rings is 4. The van der Waals surface area contributed by atoms with Gasteiger partial charge in [0, 0.05) is 11.3 Å². The van der Waals surface area contributed by atoms with Gasteiger partial charge in [-0.1, -0.05) is 48.5 Å². The lowest BCUT2D eigenvalue weighted by atomic mass is 9.95. The van der Waals surface area contributed by atoms with E-state index < -0.39 is 20.2 Å². The monoisotopic (exact) mass is 613 g/mol. The first-order valence-electron chi connectivity index (χ1n) is 12.5. The van der Waals surface area contributed by atoms with Crippen molar-refractivity contribution >= 4 is 25.9 Å². The summed E-state index contributed by atoms with van der Waals surface area (Å²) in [4.78, 5) is 0. The number of hydrogen-bond donors (Lipinski definition) is 1. The van der Waals surface area contributed by atoms with E-state index in [1.54, 1.807) is 18.2 Å². The summed E-state index contributed by atoms with van der Waals surface area (Å²) < 4.78 is 77.3. The average Bonchev–Trinajstić information content (AvgIpc) is 2.92. The lowest BCUT2D eigenvalue weighted by molar-refractivity contribution is 0.296. The number of ether oxygens (including phenoxy) is 3. The van der Waals surface area contributed by atoms with Crippen LogP contribution in [0.4, 0.5) is 5.69 Å². The Bertz CT molecular complexity index is 1820. The van der Waals surface area contributed by atoms with Crippen molar-refractivity contribution in [2.45, 2.75) is 13.5 Å². The Morgan fingerprint density at radius 3 is 1.95 bits per heavy atom. The van der Waals surface area contributed by atoms with Crippen molar-refractivity contribution in [1.82, 2.24) is 0 Å². The Kier molecular flexibility index (Phi) is 8.88. The van der Waals surface area contributed by atoms with E-state index in [4.69, 9.17) is 28.3 Å². The molecular weight excluding hydrogens is 582 g/mol. The Hall–Kier alpha value is -4.42. The largest absolute Gasteiger partial charge is 0.496 e. The molecule has 4 aromatic rings. The molecule has 0 bridgehead atoms. The van der Waals surface area contributed by atoms with Crippen LogP contribution in [0.1, 0.15) is 11.1 Å². The first kappa shape index (κ1) is 30.5. The molecule has 0 saturated carbocycles. The Morgan fingerprint density at radius 2 is 1.36 bits per heavy atom. The number of nitrogens with two attached hydrogens (primary N) is 1. The van der Waals surface area contributed by atoms with Crippen molar-refractivity contribution in [2.24, 2.45) is 0 Å². The predicted molar refractivity (Wildman–Crippen MR) is 161 cm³/mol. The van der Waals surface area contributed by atoms with Crippen LogP contribution >= 0.6 is 0 Å². The van der Waals surface area contributed by atoms with Crippen molar-refractivity contribution in [3.05, 3.63) is 83.9 Å². The van der Waals surface area contributed by atoms with Crippen molar-refractivity contribution in [3.8, 4) is 51.0 Å². The van der Waals surface area contributed by atoms with Gasteiger partial charge in [0.15, 0.2) is 23.0 Å². The Labute approximate surface area is 245 Å². The summed E-state index contributed by atoms with van der Waals surface area (Å²) >= 11 is 0. The van der Waals surface area contributed by atoms with Crippen LogP contribution in [-0.2, 0) is 26.8 Å². The molecule has 0 unspecified atom stereocenters. The van der Waals surface area contributed by atoms with Crippen molar-refractivity contribution in [2.75, 3.05) is 32.5 Å². The summed E-state index contributed by atoms with van der Waals surface area (Å²) in [5.41, 5.74) is 9.97. The van der Waals surface area contributed by atoms with E-state index in [1.165, 1.54) is 26.4 Å². The molecule has 4 aromatic carbocycles. The molecule has 0 heterocycles. The van der Waals surface area contributed by atoms with Gasteiger partial charge in [0.05, 0.1) is 32.3 Å². The van der Waals surface area contributed by atoms with Gasteiger partial charge in [-0.3, -0.25) is 0 Å². The summed E-state index contributed by atoms with van der Waals surface area (Å²) in [7, 11) is -5.27. The topological polar surface area (TPSA) is 140 Å². The van der Waals surface area contributed by atoms with Crippen LogP contribution in [0.5, 0.6) is 28.7 Å². The first-order valence-corrected chi connectivity index (χ1v) is 16.2. The van der Waals surface area contributed by atoms with Gasteiger partial charge in [0.1, 0.15) is 12.4 Å². The van der Waals surface area contributed by atoms with E-state index in [9.17, 15) is 16.8 Å². The van der Waals surface area contributed by atoms with Crippen LogP contribution in [-0.4, -0.2) is 43.6 Å². The van der Waals surface area contributed by atoms with Crippen LogP contribution in [0.3, 0.4) is 0 Å². The minimum atomic E-state index is -4.08. The molecule has 12 heteroatoms. The molecular formula is C30H31NO9S2. The number of methoxy groups -OCH3 is 2. The smallest absolute Gasteiger partial charge is 0.306 e. The molecule has 0 atom stereocenters. The van der Waals surface area contributed by atoms with Gasteiger partial charge in [0.25, 0.3) is 0 Å². The number of hydrogen-bond acceptors (Lipinski definition) is 10. The normalized spacial score (nSPS) is 11.5. The second kappa shape index (κ2) is 12.2. The predicted octanol–water partition coefficient (Wildman–Crippen LogP) is 5.18. The Morgan fingerprint density at radius 1 is 0.690 bits per heavy atom. The van der Waals surface area contributed by atoms with Crippen LogP contribution in [0.15, 0.2) is 72.8 Å². The van der Waals surface area contributed by atoms with Crippen molar-refractivity contribution in [3.63, 3.8) is 0 Å². The quantitative estimate of drug-likeness (QED) is 0.178. The maximum absolute atomic E-state index is 12.5. The standard InChI is InChI=1S/C30H31NO9S2/c1-19-11-12-21(15-24(19)31)23-17-27(36-2)28(30(29(23)37-3)40-42(5,34)35)22-13-14-25(26(16-22)39-41(4,32)33)38-18-20-9-7-6-8-10-20/h6-17H,18,31H2,1-5H3. The molecule has 10 nitrogen and oxygen atoms in total. The molecule has 0 amide bonds. The van der Waals surface area contributed by atoms with E-state index in [0.29, 0.717) is 22.4 Å². The molecule has 4 rings (SSSR count). The fourth-order valence-electron chi connectivity index (χ4n) is 4.25. The number of nitrogen functional groups attached to an aromatic ring is 1. The molecule has 0 aromatic heterocycles. The SMILES string of the molecule is COc1cc(-c2ccc(C)c(N)c2)c(OC)c(OS(C)(=O)=O)c1-c1ccc(OCc2ccccc2)c(OS(C)(=O)=O)c1.